The van der Waals surface area contributed by atoms with Gasteiger partial charge in [0.15, 0.2) is 6.33 Å². The second kappa shape index (κ2) is 4.78. The molecule has 0 aliphatic heterocycles. The number of hydrogen-bond acceptors (Lipinski definition) is 5. The van der Waals surface area contributed by atoms with Gasteiger partial charge in [-0.2, -0.15) is 5.21 Å². The minimum absolute atomic E-state index is 0.0874. The molecule has 3 rings (SSSR count). The maximum absolute atomic E-state index is 11.1. The molecule has 0 atom stereocenters. The van der Waals surface area contributed by atoms with Crippen LogP contribution >= 0.6 is 0 Å². The van der Waals surface area contributed by atoms with Gasteiger partial charge in [-0.3, -0.25) is 4.79 Å². The molecule has 1 aromatic carbocycles. The lowest BCUT2D eigenvalue weighted by atomic mass is 10.2. The van der Waals surface area contributed by atoms with Crippen LogP contribution in [-0.2, 0) is 0 Å². The van der Waals surface area contributed by atoms with Crippen molar-refractivity contribution in [2.24, 2.45) is 0 Å². The first-order chi connectivity index (χ1) is 7.88. The molecule has 3 aromatic rings. The molecule has 0 bridgehead atoms. The predicted molar refractivity (Wildman–Crippen MR) is 56.5 cm³/mol. The molecule has 2 aromatic heterocycles. The third-order valence-corrected chi connectivity index (χ3v) is 1.82. The zero-order valence-electron chi connectivity index (χ0n) is 8.16. The summed E-state index contributed by atoms with van der Waals surface area (Å²) in [4.78, 5) is 17.6. The van der Waals surface area contributed by atoms with E-state index in [0.29, 0.717) is 5.39 Å². The number of H-pyrrole nitrogens is 2. The minimum Gasteiger partial charge on any atom is -0.313 e. The van der Waals surface area contributed by atoms with Gasteiger partial charge in [0, 0.05) is 0 Å². The van der Waals surface area contributed by atoms with Crippen LogP contribution < -0.4 is 5.56 Å². The number of para-hydroxylation sites is 1. The number of fused-ring (bicyclic) bond motifs is 1. The van der Waals surface area contributed by atoms with Crippen molar-refractivity contribution < 1.29 is 0 Å². The molecule has 2 heterocycles. The molecular weight excluding hydrogens is 208 g/mol. The van der Waals surface area contributed by atoms with Crippen LogP contribution in [0.5, 0.6) is 0 Å². The van der Waals surface area contributed by atoms with Gasteiger partial charge in [-0.05, 0) is 12.1 Å². The van der Waals surface area contributed by atoms with Crippen LogP contribution in [0.15, 0.2) is 41.7 Å². The highest BCUT2D eigenvalue weighted by molar-refractivity contribution is 5.76. The Morgan fingerprint density at radius 1 is 1.19 bits per heavy atom. The fourth-order valence-electron chi connectivity index (χ4n) is 1.15. The summed E-state index contributed by atoms with van der Waals surface area (Å²) in [5, 5.41) is 12.8. The molecule has 7 nitrogen and oxygen atoms in total. The van der Waals surface area contributed by atoms with Crippen LogP contribution in [0.4, 0.5) is 0 Å². The lowest BCUT2D eigenvalue weighted by molar-refractivity contribution is 0.881. The van der Waals surface area contributed by atoms with Crippen LogP contribution in [0.2, 0.25) is 0 Å². The summed E-state index contributed by atoms with van der Waals surface area (Å²) in [7, 11) is 0. The minimum atomic E-state index is -0.0874. The maximum Gasteiger partial charge on any atom is 0.258 e. The van der Waals surface area contributed by atoms with Gasteiger partial charge < -0.3 is 4.98 Å². The Kier molecular flexibility index (Phi) is 2.98. The molecule has 0 unspecified atom stereocenters. The molecule has 0 amide bonds. The fraction of sp³-hybridized carbons (Fsp3) is 0. The van der Waals surface area contributed by atoms with Crippen LogP contribution in [-0.4, -0.2) is 30.6 Å². The molecule has 2 N–H and O–H groups in total. The van der Waals surface area contributed by atoms with Crippen molar-refractivity contribution in [1.82, 2.24) is 30.6 Å². The van der Waals surface area contributed by atoms with E-state index in [-0.39, 0.29) is 5.56 Å². The smallest absolute Gasteiger partial charge is 0.258 e. The Bertz CT molecular complexity index is 580. The summed E-state index contributed by atoms with van der Waals surface area (Å²) in [6.45, 7) is 0. The fourth-order valence-corrected chi connectivity index (χ4v) is 1.15. The van der Waals surface area contributed by atoms with E-state index >= 15 is 0 Å². The first-order valence-electron chi connectivity index (χ1n) is 4.47. The average Bonchev–Trinajstić information content (AvgIpc) is 2.88. The predicted octanol–water partition coefficient (Wildman–Crippen LogP) is 0.123. The molecule has 80 valence electrons. The normalized spacial score (nSPS) is 9.50. The van der Waals surface area contributed by atoms with Crippen LogP contribution in [0, 0.1) is 0 Å². The van der Waals surface area contributed by atoms with Gasteiger partial charge in [-0.1, -0.05) is 17.3 Å². The first kappa shape index (κ1) is 9.97. The largest absolute Gasteiger partial charge is 0.313 e. The van der Waals surface area contributed by atoms with E-state index in [4.69, 9.17) is 0 Å². The molecule has 0 fully saturated rings. The lowest BCUT2D eigenvalue weighted by Gasteiger charge is -1.91. The summed E-state index contributed by atoms with van der Waals surface area (Å²) in [6.07, 6.45) is 2.74. The van der Waals surface area contributed by atoms with Crippen LogP contribution in [0.1, 0.15) is 0 Å². The van der Waals surface area contributed by atoms with E-state index in [1.807, 2.05) is 18.2 Å². The van der Waals surface area contributed by atoms with Gasteiger partial charge in [0.2, 0.25) is 0 Å². The Balaban J connectivity index is 0.000000162. The zero-order chi connectivity index (χ0) is 11.2. The van der Waals surface area contributed by atoms with E-state index in [0.717, 1.165) is 5.52 Å². The molecule has 0 aliphatic rings. The Morgan fingerprint density at radius 2 is 2.06 bits per heavy atom. The summed E-state index contributed by atoms with van der Waals surface area (Å²) in [5.74, 6) is 0. The van der Waals surface area contributed by atoms with Gasteiger partial charge in [0.05, 0.1) is 17.2 Å². The summed E-state index contributed by atoms with van der Waals surface area (Å²) >= 11 is 0. The number of rotatable bonds is 0. The van der Waals surface area contributed by atoms with Gasteiger partial charge >= 0.3 is 0 Å². The van der Waals surface area contributed by atoms with Gasteiger partial charge in [0.1, 0.15) is 0 Å². The first-order valence-corrected chi connectivity index (χ1v) is 4.47. The summed E-state index contributed by atoms with van der Waals surface area (Å²) in [6, 6.07) is 7.24. The number of aromatic nitrogens is 6. The number of tetrazole rings is 1. The topological polar surface area (TPSA) is 100 Å². The molecular formula is C9H8N6O. The van der Waals surface area contributed by atoms with E-state index in [2.05, 4.69) is 30.6 Å². The molecule has 0 aliphatic carbocycles. The SMILES string of the molecule is O=c1[nH]cnc2ccccc12.c1nn[nH]n1. The van der Waals surface area contributed by atoms with Gasteiger partial charge in [0.25, 0.3) is 5.56 Å². The van der Waals surface area contributed by atoms with Crippen molar-refractivity contribution in [2.75, 3.05) is 0 Å². The lowest BCUT2D eigenvalue weighted by Crippen LogP contribution is -2.05. The van der Waals surface area contributed by atoms with Crippen LogP contribution in [0.25, 0.3) is 10.9 Å². The highest BCUT2D eigenvalue weighted by Crippen LogP contribution is 2.02. The second-order valence-electron chi connectivity index (χ2n) is 2.81. The van der Waals surface area contributed by atoms with E-state index in [1.54, 1.807) is 6.07 Å². The number of aromatic amines is 2. The highest BCUT2D eigenvalue weighted by Gasteiger charge is 1.94. The van der Waals surface area contributed by atoms with Crippen molar-refractivity contribution in [3.8, 4) is 0 Å². The van der Waals surface area contributed by atoms with Crippen molar-refractivity contribution in [3.05, 3.63) is 47.3 Å². The van der Waals surface area contributed by atoms with Crippen molar-refractivity contribution in [3.63, 3.8) is 0 Å². The Labute approximate surface area is 89.6 Å². The molecule has 16 heavy (non-hydrogen) atoms. The van der Waals surface area contributed by atoms with Gasteiger partial charge in [-0.15, -0.1) is 10.2 Å². The van der Waals surface area contributed by atoms with Crippen molar-refractivity contribution >= 4 is 10.9 Å². The Hall–Kier alpha value is -2.57. The van der Waals surface area contributed by atoms with Crippen molar-refractivity contribution in [1.29, 1.82) is 0 Å². The third-order valence-electron chi connectivity index (χ3n) is 1.82. The zero-order valence-corrected chi connectivity index (χ0v) is 8.16. The van der Waals surface area contributed by atoms with Crippen LogP contribution in [0.3, 0.4) is 0 Å². The van der Waals surface area contributed by atoms with Gasteiger partial charge in [-0.25, -0.2) is 4.98 Å². The summed E-state index contributed by atoms with van der Waals surface area (Å²) < 4.78 is 0. The van der Waals surface area contributed by atoms with Crippen molar-refractivity contribution in [2.45, 2.75) is 0 Å². The third kappa shape index (κ3) is 2.27. The quantitative estimate of drug-likeness (QED) is 0.556. The standard InChI is InChI=1S/C8H6N2O.CH2N4/c11-8-6-3-1-2-4-7(6)9-5-10-8;1-2-4-5-3-1/h1-5H,(H,9,10,11);1H,(H,2,3,4,5). The maximum atomic E-state index is 11.1. The summed E-state index contributed by atoms with van der Waals surface area (Å²) in [5.41, 5.74) is 0.645. The molecule has 0 radical (unpaired) electrons. The van der Waals surface area contributed by atoms with E-state index in [9.17, 15) is 4.79 Å². The number of nitrogens with one attached hydrogen (secondary N) is 2. The number of benzene rings is 1. The molecule has 7 heteroatoms. The number of nitrogens with zero attached hydrogens (tertiary/aromatic N) is 4. The average molecular weight is 216 g/mol. The molecule has 0 saturated carbocycles. The number of hydrogen-bond donors (Lipinski definition) is 2. The monoisotopic (exact) mass is 216 g/mol. The highest BCUT2D eigenvalue weighted by atomic mass is 16.1. The Morgan fingerprint density at radius 3 is 2.69 bits per heavy atom. The second-order valence-corrected chi connectivity index (χ2v) is 2.81. The molecule has 0 spiro atoms. The van der Waals surface area contributed by atoms with E-state index in [1.165, 1.54) is 12.7 Å². The van der Waals surface area contributed by atoms with E-state index < -0.39 is 0 Å². The molecule has 0 saturated heterocycles.